The van der Waals surface area contributed by atoms with Gasteiger partial charge in [0.05, 0.1) is 34.6 Å². The quantitative estimate of drug-likeness (QED) is 0.316. The normalized spacial score (nSPS) is 11.2. The van der Waals surface area contributed by atoms with E-state index >= 15 is 0 Å². The molecule has 0 unspecified atom stereocenters. The molecule has 0 atom stereocenters. The minimum atomic E-state index is -0.235. The molecule has 0 saturated carbocycles. The number of amides is 1. The summed E-state index contributed by atoms with van der Waals surface area (Å²) in [6.45, 7) is 2.83. The molecule has 0 aliphatic carbocycles. The molecule has 9 heteroatoms. The lowest BCUT2D eigenvalue weighted by atomic mass is 10.2. The monoisotopic (exact) mass is 462 g/mol. The van der Waals surface area contributed by atoms with E-state index in [0.717, 1.165) is 22.7 Å². The maximum Gasteiger partial charge on any atom is 0.250 e. The Labute approximate surface area is 174 Å². The van der Waals surface area contributed by atoms with Gasteiger partial charge < -0.3 is 14.4 Å². The third-order valence-electron chi connectivity index (χ3n) is 3.94. The zero-order valence-corrected chi connectivity index (χ0v) is 17.7. The third-order valence-corrected chi connectivity index (χ3v) is 5.52. The van der Waals surface area contributed by atoms with Crippen molar-refractivity contribution in [2.24, 2.45) is 5.10 Å². The summed E-state index contributed by atoms with van der Waals surface area (Å²) in [6, 6.07) is 11.2. The summed E-state index contributed by atoms with van der Waals surface area (Å²) in [5.74, 6) is 0.291. The number of thioether (sulfide) groups is 1. The Balaban J connectivity index is 1.61. The number of nitrogens with zero attached hydrogens (tertiary/aromatic N) is 3. The highest BCUT2D eigenvalue weighted by Gasteiger charge is 2.11. The second-order valence-electron chi connectivity index (χ2n) is 5.76. The number of phenolic OH excluding ortho intramolecular Hbond substituents is 1. The fraction of sp³-hybridized carbons (Fsp3) is 0.211. The molecule has 0 fully saturated rings. The number of aromatic hydroxyl groups is 1. The van der Waals surface area contributed by atoms with Gasteiger partial charge in [-0.2, -0.15) is 5.10 Å². The number of hydrogen-bond acceptors (Lipinski definition) is 6. The zero-order valence-electron chi connectivity index (χ0n) is 15.3. The molecule has 1 aromatic heterocycles. The van der Waals surface area contributed by atoms with Gasteiger partial charge in [0.15, 0.2) is 16.7 Å². The van der Waals surface area contributed by atoms with Crippen LogP contribution in [0.25, 0.3) is 11.0 Å². The summed E-state index contributed by atoms with van der Waals surface area (Å²) in [4.78, 5) is 16.7. The van der Waals surface area contributed by atoms with E-state index < -0.39 is 0 Å². The number of rotatable bonds is 7. The smallest absolute Gasteiger partial charge is 0.250 e. The number of ether oxygens (including phenoxy) is 1. The summed E-state index contributed by atoms with van der Waals surface area (Å²) in [6.07, 6.45) is 1.48. The van der Waals surface area contributed by atoms with Crippen molar-refractivity contribution in [3.8, 4) is 11.5 Å². The van der Waals surface area contributed by atoms with Crippen LogP contribution in [0, 0.1) is 0 Å². The molecule has 1 heterocycles. The molecular weight excluding hydrogens is 444 g/mol. The van der Waals surface area contributed by atoms with Gasteiger partial charge in [0.25, 0.3) is 5.91 Å². The summed E-state index contributed by atoms with van der Waals surface area (Å²) >= 11 is 4.61. The van der Waals surface area contributed by atoms with E-state index in [9.17, 15) is 9.90 Å². The number of phenols is 1. The molecule has 1 amide bonds. The number of aromatic nitrogens is 2. The van der Waals surface area contributed by atoms with E-state index in [4.69, 9.17) is 4.74 Å². The Morgan fingerprint density at radius 3 is 2.96 bits per heavy atom. The van der Waals surface area contributed by atoms with E-state index in [1.54, 1.807) is 12.1 Å². The van der Waals surface area contributed by atoms with Crippen LogP contribution in [-0.4, -0.2) is 39.6 Å². The number of imidazole rings is 1. The number of carbonyl (C=O) groups is 1. The average Bonchev–Trinajstić information content (AvgIpc) is 3.06. The van der Waals surface area contributed by atoms with Crippen molar-refractivity contribution >= 4 is 50.8 Å². The molecule has 146 valence electrons. The first kappa shape index (κ1) is 20.2. The number of benzene rings is 2. The van der Waals surface area contributed by atoms with Gasteiger partial charge in [-0.3, -0.25) is 4.79 Å². The molecule has 0 aliphatic rings. The Kier molecular flexibility index (Phi) is 6.58. The molecule has 0 spiro atoms. The van der Waals surface area contributed by atoms with Gasteiger partial charge in [0.1, 0.15) is 0 Å². The van der Waals surface area contributed by atoms with Gasteiger partial charge in [0, 0.05) is 6.54 Å². The highest BCUT2D eigenvalue weighted by molar-refractivity contribution is 9.10. The number of carbonyl (C=O) groups excluding carboxylic acids is 1. The zero-order chi connectivity index (χ0) is 20.1. The lowest BCUT2D eigenvalue weighted by Gasteiger charge is -2.06. The molecule has 0 aliphatic heterocycles. The molecule has 7 nitrogen and oxygen atoms in total. The van der Waals surface area contributed by atoms with Crippen molar-refractivity contribution < 1.29 is 14.6 Å². The Morgan fingerprint density at radius 2 is 2.21 bits per heavy atom. The van der Waals surface area contributed by atoms with Crippen molar-refractivity contribution in [2.45, 2.75) is 18.6 Å². The first-order valence-corrected chi connectivity index (χ1v) is 10.3. The summed E-state index contributed by atoms with van der Waals surface area (Å²) in [7, 11) is 1.46. The summed E-state index contributed by atoms with van der Waals surface area (Å²) in [5, 5.41) is 14.6. The van der Waals surface area contributed by atoms with Crippen molar-refractivity contribution in [2.75, 3.05) is 12.9 Å². The standard InChI is InChI=1S/C19H19BrN4O3S/c1-3-24-15-7-5-4-6-14(15)22-19(24)28-11-17(25)23-21-10-12-8-13(20)18(26)16(9-12)27-2/h4-10,26H,3,11H2,1-2H3,(H,23,25)/b21-10-. The molecule has 2 aromatic carbocycles. The Morgan fingerprint density at radius 1 is 1.43 bits per heavy atom. The summed E-state index contributed by atoms with van der Waals surface area (Å²) in [5.41, 5.74) is 5.13. The van der Waals surface area contributed by atoms with Gasteiger partial charge in [-0.05, 0) is 52.7 Å². The van der Waals surface area contributed by atoms with Gasteiger partial charge >= 0.3 is 0 Å². The van der Waals surface area contributed by atoms with Crippen molar-refractivity contribution in [1.82, 2.24) is 15.0 Å². The average molecular weight is 463 g/mol. The van der Waals surface area contributed by atoms with Gasteiger partial charge in [-0.15, -0.1) is 0 Å². The van der Waals surface area contributed by atoms with E-state index in [2.05, 4.69) is 36.0 Å². The predicted octanol–water partition coefficient (Wildman–Crippen LogP) is 3.78. The highest BCUT2D eigenvalue weighted by atomic mass is 79.9. The van der Waals surface area contributed by atoms with E-state index in [0.29, 0.717) is 15.8 Å². The second-order valence-corrected chi connectivity index (χ2v) is 7.56. The van der Waals surface area contributed by atoms with Crippen LogP contribution in [0.2, 0.25) is 0 Å². The molecule has 28 heavy (non-hydrogen) atoms. The SMILES string of the molecule is CCn1c(SCC(=O)N/N=C\c2cc(Br)c(O)c(OC)c2)nc2ccccc21. The molecule has 3 aromatic rings. The highest BCUT2D eigenvalue weighted by Crippen LogP contribution is 2.34. The number of nitrogens with one attached hydrogen (secondary N) is 1. The molecule has 0 saturated heterocycles. The minimum absolute atomic E-state index is 0.0129. The molecule has 0 bridgehead atoms. The number of methoxy groups -OCH3 is 1. The fourth-order valence-electron chi connectivity index (χ4n) is 2.63. The van der Waals surface area contributed by atoms with Crippen molar-refractivity contribution in [3.63, 3.8) is 0 Å². The van der Waals surface area contributed by atoms with Gasteiger partial charge in [-0.1, -0.05) is 23.9 Å². The van der Waals surface area contributed by atoms with E-state index in [1.807, 2.05) is 31.2 Å². The van der Waals surface area contributed by atoms with E-state index in [-0.39, 0.29) is 17.4 Å². The first-order valence-electron chi connectivity index (χ1n) is 8.50. The van der Waals surface area contributed by atoms with E-state index in [1.165, 1.54) is 25.1 Å². The molecule has 0 radical (unpaired) electrons. The molecule has 3 rings (SSSR count). The van der Waals surface area contributed by atoms with Crippen LogP contribution < -0.4 is 10.2 Å². The van der Waals surface area contributed by atoms with Gasteiger partial charge in [-0.25, -0.2) is 10.4 Å². The van der Waals surface area contributed by atoms with Crippen molar-refractivity contribution in [1.29, 1.82) is 0 Å². The molecular formula is C19H19BrN4O3S. The predicted molar refractivity (Wildman–Crippen MR) is 114 cm³/mol. The number of aryl methyl sites for hydroxylation is 1. The van der Waals surface area contributed by atoms with Crippen LogP contribution in [0.5, 0.6) is 11.5 Å². The first-order chi connectivity index (χ1) is 13.5. The second kappa shape index (κ2) is 9.11. The minimum Gasteiger partial charge on any atom is -0.503 e. The van der Waals surface area contributed by atoms with Crippen molar-refractivity contribution in [3.05, 3.63) is 46.4 Å². The fourth-order valence-corrected chi connectivity index (χ4v) is 3.96. The van der Waals surface area contributed by atoms with Crippen LogP contribution in [0.3, 0.4) is 0 Å². The lowest BCUT2D eigenvalue weighted by molar-refractivity contribution is -0.118. The van der Waals surface area contributed by atoms with Gasteiger partial charge in [0.2, 0.25) is 0 Å². The number of hydrogen-bond donors (Lipinski definition) is 2. The topological polar surface area (TPSA) is 88.7 Å². The maximum atomic E-state index is 12.1. The van der Waals surface area contributed by atoms with Crippen LogP contribution in [0.4, 0.5) is 0 Å². The van der Waals surface area contributed by atoms with Crippen LogP contribution in [0.15, 0.2) is 51.1 Å². The number of para-hydroxylation sites is 2. The summed E-state index contributed by atoms with van der Waals surface area (Å²) < 4.78 is 7.65. The Hall–Kier alpha value is -2.52. The number of hydrazone groups is 1. The Bertz CT molecular complexity index is 1040. The largest absolute Gasteiger partial charge is 0.503 e. The number of fused-ring (bicyclic) bond motifs is 1. The molecule has 2 N–H and O–H groups in total. The maximum absolute atomic E-state index is 12.1. The van der Waals surface area contributed by atoms with Crippen LogP contribution >= 0.6 is 27.7 Å². The van der Waals surface area contributed by atoms with Crippen LogP contribution in [-0.2, 0) is 11.3 Å². The third kappa shape index (κ3) is 4.48. The van der Waals surface area contributed by atoms with Crippen LogP contribution in [0.1, 0.15) is 12.5 Å². The lowest BCUT2D eigenvalue weighted by Crippen LogP contribution is -2.20. The number of halogens is 1.